The highest BCUT2D eigenvalue weighted by atomic mass is 16.5. The molecule has 0 saturated carbocycles. The maximum Gasteiger partial charge on any atom is 0.255 e. The van der Waals surface area contributed by atoms with E-state index in [4.69, 9.17) is 10.5 Å². The van der Waals surface area contributed by atoms with Crippen LogP contribution in [0.3, 0.4) is 0 Å². The van der Waals surface area contributed by atoms with E-state index in [1.165, 1.54) is 0 Å². The maximum atomic E-state index is 12.8. The Kier molecular flexibility index (Phi) is 5.02. The van der Waals surface area contributed by atoms with Crippen LogP contribution in [-0.2, 0) is 4.79 Å². The third kappa shape index (κ3) is 3.99. The summed E-state index contributed by atoms with van der Waals surface area (Å²) in [5.74, 6) is 0.836. The monoisotopic (exact) mass is 342 g/mol. The summed E-state index contributed by atoms with van der Waals surface area (Å²) >= 11 is 0. The van der Waals surface area contributed by atoms with E-state index < -0.39 is 5.91 Å². The van der Waals surface area contributed by atoms with Crippen LogP contribution in [0.5, 0.6) is 5.75 Å². The van der Waals surface area contributed by atoms with Gasteiger partial charge in [-0.25, -0.2) is 4.98 Å². The van der Waals surface area contributed by atoms with Gasteiger partial charge in [0.05, 0.1) is 6.04 Å². The number of benzene rings is 1. The molecule has 0 aliphatic carbocycles. The smallest absolute Gasteiger partial charge is 0.255 e. The highest BCUT2D eigenvalue weighted by molar-refractivity contribution is 5.94. The summed E-state index contributed by atoms with van der Waals surface area (Å²) in [6, 6.07) is 7.09. The minimum atomic E-state index is -0.550. The van der Waals surface area contributed by atoms with Gasteiger partial charge in [-0.05, 0) is 38.0 Å². The van der Waals surface area contributed by atoms with E-state index in [9.17, 15) is 9.59 Å². The molecule has 2 N–H and O–H groups in total. The van der Waals surface area contributed by atoms with Crippen LogP contribution in [0.15, 0.2) is 36.7 Å². The summed E-state index contributed by atoms with van der Waals surface area (Å²) in [5.41, 5.74) is 5.63. The minimum absolute atomic E-state index is 0.0352. The Hall–Kier alpha value is -2.83. The van der Waals surface area contributed by atoms with Crippen LogP contribution in [0.25, 0.3) is 0 Å². The number of nitrogens with two attached hydrogens (primary N) is 1. The fraction of sp³-hybridized carbons (Fsp3) is 0.389. The van der Waals surface area contributed by atoms with Crippen LogP contribution in [0.4, 0.5) is 0 Å². The Morgan fingerprint density at radius 3 is 2.96 bits per heavy atom. The molecule has 3 rings (SSSR count). The van der Waals surface area contributed by atoms with Crippen molar-refractivity contribution in [3.8, 4) is 5.75 Å². The van der Waals surface area contributed by atoms with Gasteiger partial charge >= 0.3 is 0 Å². The molecule has 2 heterocycles. The van der Waals surface area contributed by atoms with Gasteiger partial charge in [0.25, 0.3) is 11.8 Å². The Bertz CT molecular complexity index is 771. The van der Waals surface area contributed by atoms with Crippen molar-refractivity contribution in [3.63, 3.8) is 0 Å². The number of aryl methyl sites for hydroxylation is 1. The topological polar surface area (TPSA) is 90.4 Å². The number of ether oxygens (including phenoxy) is 1. The Labute approximate surface area is 146 Å². The number of carbonyl (C=O) groups is 2. The average molecular weight is 342 g/mol. The molecule has 7 heteroatoms. The van der Waals surface area contributed by atoms with Gasteiger partial charge in [-0.3, -0.25) is 9.59 Å². The van der Waals surface area contributed by atoms with Crippen molar-refractivity contribution in [2.75, 3.05) is 19.7 Å². The molecule has 2 amide bonds. The maximum absolute atomic E-state index is 12.8. The number of nitrogens with zero attached hydrogens (tertiary/aromatic N) is 3. The highest BCUT2D eigenvalue weighted by Crippen LogP contribution is 2.24. The Morgan fingerprint density at radius 1 is 1.40 bits per heavy atom. The van der Waals surface area contributed by atoms with Crippen molar-refractivity contribution in [2.45, 2.75) is 25.8 Å². The van der Waals surface area contributed by atoms with E-state index in [2.05, 4.69) is 9.55 Å². The molecule has 1 aromatic heterocycles. The number of aromatic nitrogens is 2. The quantitative estimate of drug-likeness (QED) is 0.892. The SMILES string of the molecule is Cc1nccn1[C@@H]1CCCN(C(=O)c2cccc(OCC(N)=O)c2)C1. The van der Waals surface area contributed by atoms with Crippen LogP contribution < -0.4 is 10.5 Å². The van der Waals surface area contributed by atoms with Crippen molar-refractivity contribution in [1.29, 1.82) is 0 Å². The molecule has 1 aromatic carbocycles. The number of primary amides is 1. The van der Waals surface area contributed by atoms with E-state index in [0.717, 1.165) is 25.2 Å². The van der Waals surface area contributed by atoms with Gasteiger partial charge in [0.1, 0.15) is 11.6 Å². The largest absolute Gasteiger partial charge is 0.484 e. The molecule has 1 saturated heterocycles. The van der Waals surface area contributed by atoms with Gasteiger partial charge in [-0.15, -0.1) is 0 Å². The molecule has 0 radical (unpaired) electrons. The predicted molar refractivity (Wildman–Crippen MR) is 92.3 cm³/mol. The first-order valence-electron chi connectivity index (χ1n) is 8.34. The van der Waals surface area contributed by atoms with Gasteiger partial charge in [-0.1, -0.05) is 6.07 Å². The molecule has 7 nitrogen and oxygen atoms in total. The summed E-state index contributed by atoms with van der Waals surface area (Å²) in [5, 5.41) is 0. The number of piperidine rings is 1. The zero-order chi connectivity index (χ0) is 17.8. The second kappa shape index (κ2) is 7.38. The molecule has 0 bridgehead atoms. The number of hydrogen-bond acceptors (Lipinski definition) is 4. The number of hydrogen-bond donors (Lipinski definition) is 1. The molecular formula is C18H22N4O3. The van der Waals surface area contributed by atoms with Gasteiger partial charge in [0.2, 0.25) is 0 Å². The normalized spacial score (nSPS) is 17.3. The van der Waals surface area contributed by atoms with E-state index in [0.29, 0.717) is 17.9 Å². The zero-order valence-corrected chi connectivity index (χ0v) is 14.2. The number of rotatable bonds is 5. The second-order valence-corrected chi connectivity index (χ2v) is 6.21. The van der Waals surface area contributed by atoms with Crippen LogP contribution in [0.1, 0.15) is 35.1 Å². The molecule has 1 aliphatic heterocycles. The summed E-state index contributed by atoms with van der Waals surface area (Å²) in [4.78, 5) is 29.8. The lowest BCUT2D eigenvalue weighted by molar-refractivity contribution is -0.119. The van der Waals surface area contributed by atoms with Gasteiger partial charge in [0.15, 0.2) is 6.61 Å². The van der Waals surface area contributed by atoms with E-state index in [1.807, 2.05) is 18.0 Å². The number of likely N-dealkylation sites (tertiary alicyclic amines) is 1. The van der Waals surface area contributed by atoms with Gasteiger partial charge in [-0.2, -0.15) is 0 Å². The molecule has 1 fully saturated rings. The molecule has 132 valence electrons. The Balaban J connectivity index is 1.71. The third-order valence-electron chi connectivity index (χ3n) is 4.40. The molecule has 1 aliphatic rings. The van der Waals surface area contributed by atoms with Crippen molar-refractivity contribution < 1.29 is 14.3 Å². The summed E-state index contributed by atoms with van der Waals surface area (Å²) in [7, 11) is 0. The van der Waals surface area contributed by atoms with Crippen LogP contribution in [0, 0.1) is 6.92 Å². The lowest BCUT2D eigenvalue weighted by Crippen LogP contribution is -2.40. The highest BCUT2D eigenvalue weighted by Gasteiger charge is 2.26. The third-order valence-corrected chi connectivity index (χ3v) is 4.40. The first-order valence-corrected chi connectivity index (χ1v) is 8.34. The van der Waals surface area contributed by atoms with E-state index in [-0.39, 0.29) is 18.6 Å². The lowest BCUT2D eigenvalue weighted by atomic mass is 10.0. The van der Waals surface area contributed by atoms with E-state index in [1.54, 1.807) is 30.5 Å². The minimum Gasteiger partial charge on any atom is -0.484 e. The summed E-state index contributed by atoms with van der Waals surface area (Å²) < 4.78 is 7.41. The summed E-state index contributed by atoms with van der Waals surface area (Å²) in [6.07, 6.45) is 5.73. The number of amides is 2. The van der Waals surface area contributed by atoms with Gasteiger partial charge < -0.3 is 19.9 Å². The molecule has 0 spiro atoms. The van der Waals surface area contributed by atoms with Crippen molar-refractivity contribution in [3.05, 3.63) is 48.0 Å². The van der Waals surface area contributed by atoms with Crippen molar-refractivity contribution >= 4 is 11.8 Å². The number of imidazole rings is 1. The molecule has 1 atom stereocenters. The zero-order valence-electron chi connectivity index (χ0n) is 14.2. The van der Waals surface area contributed by atoms with Crippen molar-refractivity contribution in [1.82, 2.24) is 14.5 Å². The van der Waals surface area contributed by atoms with Gasteiger partial charge in [0, 0.05) is 31.0 Å². The molecular weight excluding hydrogens is 320 g/mol. The number of carbonyl (C=O) groups excluding carboxylic acids is 2. The van der Waals surface area contributed by atoms with Crippen LogP contribution in [-0.4, -0.2) is 46.0 Å². The average Bonchev–Trinajstić information content (AvgIpc) is 3.05. The molecule has 0 unspecified atom stereocenters. The van der Waals surface area contributed by atoms with Crippen molar-refractivity contribution in [2.24, 2.45) is 5.73 Å². The molecule has 2 aromatic rings. The molecule has 25 heavy (non-hydrogen) atoms. The van der Waals surface area contributed by atoms with Crippen LogP contribution >= 0.6 is 0 Å². The fourth-order valence-electron chi connectivity index (χ4n) is 3.20. The van der Waals surface area contributed by atoms with E-state index >= 15 is 0 Å². The predicted octanol–water partition coefficient (Wildman–Crippen LogP) is 1.53. The Morgan fingerprint density at radius 2 is 2.24 bits per heavy atom. The first-order chi connectivity index (χ1) is 12.0. The standard InChI is InChI=1S/C18H22N4O3/c1-13-20-7-9-22(13)15-5-3-8-21(11-15)18(24)14-4-2-6-16(10-14)25-12-17(19)23/h2,4,6-7,9-10,15H,3,5,8,11-12H2,1H3,(H2,19,23)/t15-/m1/s1. The van der Waals surface area contributed by atoms with Crippen LogP contribution in [0.2, 0.25) is 0 Å². The lowest BCUT2D eigenvalue weighted by Gasteiger charge is -2.34. The second-order valence-electron chi connectivity index (χ2n) is 6.21. The first kappa shape index (κ1) is 17.0. The summed E-state index contributed by atoms with van der Waals surface area (Å²) in [6.45, 7) is 3.15. The fourth-order valence-corrected chi connectivity index (χ4v) is 3.20.